The Labute approximate surface area is 231 Å². The number of amides is 2. The van der Waals surface area contributed by atoms with Gasteiger partial charge < -0.3 is 19.8 Å². The highest BCUT2D eigenvalue weighted by molar-refractivity contribution is 6.01. The summed E-state index contributed by atoms with van der Waals surface area (Å²) in [5, 5.41) is 10.6. The van der Waals surface area contributed by atoms with E-state index in [4.69, 9.17) is 0 Å². The van der Waals surface area contributed by atoms with Gasteiger partial charge in [0.25, 0.3) is 5.91 Å². The number of hydrogen-bond acceptors (Lipinski definition) is 5. The Morgan fingerprint density at radius 3 is 2.22 bits per heavy atom. The van der Waals surface area contributed by atoms with Crippen LogP contribution in [0.4, 0.5) is 32.2 Å². The van der Waals surface area contributed by atoms with Crippen molar-refractivity contribution < 1.29 is 41.0 Å². The highest BCUT2D eigenvalue weighted by Gasteiger charge is 2.37. The first kappa shape index (κ1) is 29.8. The number of anilines is 1. The lowest BCUT2D eigenvalue weighted by Crippen LogP contribution is -2.53. The first-order valence-electron chi connectivity index (χ1n) is 12.4. The molecule has 0 bridgehead atoms. The third-order valence-corrected chi connectivity index (χ3v) is 6.80. The van der Waals surface area contributed by atoms with Gasteiger partial charge in [-0.05, 0) is 53.4 Å². The van der Waals surface area contributed by atoms with E-state index in [1.807, 2.05) is 13.0 Å². The third kappa shape index (κ3) is 6.62. The number of alkyl halides is 6. The van der Waals surface area contributed by atoms with Crippen LogP contribution in [0, 0.1) is 6.92 Å². The predicted octanol–water partition coefficient (Wildman–Crippen LogP) is 4.96. The second-order valence-electron chi connectivity index (χ2n) is 9.75. The van der Waals surface area contributed by atoms with Crippen molar-refractivity contribution >= 4 is 18.1 Å². The second kappa shape index (κ2) is 11.4. The Kier molecular flexibility index (Phi) is 8.29. The summed E-state index contributed by atoms with van der Waals surface area (Å²) >= 11 is 0. The largest absolute Gasteiger partial charge is 0.416 e. The van der Waals surface area contributed by atoms with E-state index >= 15 is 0 Å². The summed E-state index contributed by atoms with van der Waals surface area (Å²) in [6.45, 7) is 1.93. The van der Waals surface area contributed by atoms with Crippen LogP contribution in [-0.2, 0) is 23.7 Å². The van der Waals surface area contributed by atoms with Crippen LogP contribution in [0.15, 0.2) is 54.7 Å². The monoisotopic (exact) mass is 580 g/mol. The van der Waals surface area contributed by atoms with E-state index in [1.165, 1.54) is 18.1 Å². The lowest BCUT2D eigenvalue weighted by molar-refractivity contribution is -0.143. The molecule has 218 valence electrons. The van der Waals surface area contributed by atoms with Crippen molar-refractivity contribution in [3.05, 3.63) is 82.5 Å². The molecule has 1 aliphatic rings. The van der Waals surface area contributed by atoms with E-state index in [1.54, 1.807) is 29.2 Å². The molecule has 2 amide bonds. The number of β-amino-alcohol motifs (C(OH)–C–C–N with tert-alkyl or cyclic N) is 1. The molecule has 1 aromatic heterocycles. The van der Waals surface area contributed by atoms with Gasteiger partial charge in [-0.1, -0.05) is 24.3 Å². The van der Waals surface area contributed by atoms with Gasteiger partial charge in [0.1, 0.15) is 12.0 Å². The summed E-state index contributed by atoms with van der Waals surface area (Å²) in [4.78, 5) is 33.0. The van der Waals surface area contributed by atoms with Crippen molar-refractivity contribution in [3.63, 3.8) is 0 Å². The smallest absolute Gasteiger partial charge is 0.372 e. The molecule has 7 nitrogen and oxygen atoms in total. The summed E-state index contributed by atoms with van der Waals surface area (Å²) in [7, 11) is 1.27. The van der Waals surface area contributed by atoms with Gasteiger partial charge in [-0.15, -0.1) is 0 Å². The summed E-state index contributed by atoms with van der Waals surface area (Å²) in [6, 6.07) is 9.91. The van der Waals surface area contributed by atoms with Crippen molar-refractivity contribution in [3.8, 4) is 11.1 Å². The van der Waals surface area contributed by atoms with Crippen molar-refractivity contribution in [1.29, 1.82) is 0 Å². The number of halogens is 6. The van der Waals surface area contributed by atoms with Gasteiger partial charge in [0.05, 0.1) is 23.2 Å². The average Bonchev–Trinajstić information content (AvgIpc) is 2.91. The minimum Gasteiger partial charge on any atom is -0.372 e. The summed E-state index contributed by atoms with van der Waals surface area (Å²) in [5.74, 6) is -0.354. The number of benzene rings is 2. The van der Waals surface area contributed by atoms with E-state index < -0.39 is 42.2 Å². The van der Waals surface area contributed by atoms with Gasteiger partial charge in [-0.3, -0.25) is 9.59 Å². The van der Waals surface area contributed by atoms with Crippen LogP contribution in [0.25, 0.3) is 11.1 Å². The molecule has 1 saturated heterocycles. The first-order chi connectivity index (χ1) is 19.2. The molecule has 0 aliphatic carbocycles. The van der Waals surface area contributed by atoms with Crippen molar-refractivity contribution in [2.45, 2.75) is 32.0 Å². The molecular formula is C28H26F6N4O3. The topological polar surface area (TPSA) is 77.0 Å². The van der Waals surface area contributed by atoms with Crippen molar-refractivity contribution in [2.75, 3.05) is 31.6 Å². The average molecular weight is 581 g/mol. The molecule has 0 saturated carbocycles. The van der Waals surface area contributed by atoms with Crippen LogP contribution in [0.3, 0.4) is 0 Å². The minimum atomic E-state index is -5.02. The SMILES string of the molecule is Cc1ccccc1-c1cc(N2CCN(C=O)CC2O)ncc1C(=O)N(C)Cc1cc(C(F)(F)F)cc(C(F)(F)F)c1. The Morgan fingerprint density at radius 2 is 1.66 bits per heavy atom. The first-order valence-corrected chi connectivity index (χ1v) is 12.4. The minimum absolute atomic E-state index is 0.0353. The number of rotatable bonds is 6. The summed E-state index contributed by atoms with van der Waals surface area (Å²) < 4.78 is 80.0. The van der Waals surface area contributed by atoms with Crippen LogP contribution < -0.4 is 4.90 Å². The zero-order valence-corrected chi connectivity index (χ0v) is 22.0. The molecule has 2 aromatic carbocycles. The van der Waals surface area contributed by atoms with Crippen LogP contribution >= 0.6 is 0 Å². The van der Waals surface area contributed by atoms with E-state index in [0.717, 1.165) is 10.5 Å². The molecule has 2 heterocycles. The number of carbonyl (C=O) groups excluding carboxylic acids is 2. The maximum Gasteiger partial charge on any atom is 0.416 e. The maximum atomic E-state index is 13.6. The highest BCUT2D eigenvalue weighted by atomic mass is 19.4. The number of nitrogens with zero attached hydrogens (tertiary/aromatic N) is 4. The zero-order chi connectivity index (χ0) is 30.1. The molecule has 1 unspecified atom stereocenters. The lowest BCUT2D eigenvalue weighted by atomic mass is 9.96. The summed E-state index contributed by atoms with van der Waals surface area (Å²) in [5.41, 5.74) is -1.37. The Balaban J connectivity index is 1.71. The lowest BCUT2D eigenvalue weighted by Gasteiger charge is -2.38. The molecular weight excluding hydrogens is 554 g/mol. The van der Waals surface area contributed by atoms with Gasteiger partial charge in [-0.25, -0.2) is 4.98 Å². The van der Waals surface area contributed by atoms with Crippen LogP contribution in [-0.4, -0.2) is 65.1 Å². The van der Waals surface area contributed by atoms with Gasteiger partial charge in [0, 0.05) is 32.9 Å². The molecule has 0 radical (unpaired) electrons. The van der Waals surface area contributed by atoms with Gasteiger partial charge in [0.2, 0.25) is 6.41 Å². The predicted molar refractivity (Wildman–Crippen MR) is 138 cm³/mol. The normalized spacial score (nSPS) is 16.1. The number of aromatic nitrogens is 1. The standard InChI is InChI=1S/C28H26F6N4O3/c1-17-5-3-4-6-21(17)22-12-24(38-8-7-37(16-39)15-25(38)40)35-13-23(22)26(41)36(2)14-18-9-19(27(29,30)31)11-20(10-18)28(32,33)34/h3-6,9-13,16,25,40H,7-8,14-15H2,1-2H3. The number of pyridine rings is 1. The Hall–Kier alpha value is -4.13. The fourth-order valence-electron chi connectivity index (χ4n) is 4.68. The molecule has 1 fully saturated rings. The molecule has 4 rings (SSSR count). The van der Waals surface area contributed by atoms with E-state index in [0.29, 0.717) is 42.0 Å². The van der Waals surface area contributed by atoms with E-state index in [-0.39, 0.29) is 30.3 Å². The fraction of sp³-hybridized carbons (Fsp3) is 0.321. The molecule has 13 heteroatoms. The van der Waals surface area contributed by atoms with Gasteiger partial charge in [0.15, 0.2) is 0 Å². The molecule has 3 aromatic rings. The van der Waals surface area contributed by atoms with Gasteiger partial charge in [-0.2, -0.15) is 26.3 Å². The second-order valence-corrected chi connectivity index (χ2v) is 9.75. The fourth-order valence-corrected chi connectivity index (χ4v) is 4.68. The van der Waals surface area contributed by atoms with Crippen molar-refractivity contribution in [1.82, 2.24) is 14.8 Å². The summed E-state index contributed by atoms with van der Waals surface area (Å²) in [6.07, 6.45) is -9.19. The van der Waals surface area contributed by atoms with E-state index in [2.05, 4.69) is 4.98 Å². The van der Waals surface area contributed by atoms with Crippen LogP contribution in [0.2, 0.25) is 0 Å². The zero-order valence-electron chi connectivity index (χ0n) is 22.0. The van der Waals surface area contributed by atoms with Crippen LogP contribution in [0.5, 0.6) is 0 Å². The molecule has 1 N–H and O–H groups in total. The van der Waals surface area contributed by atoms with Crippen molar-refractivity contribution in [2.24, 2.45) is 0 Å². The third-order valence-electron chi connectivity index (χ3n) is 6.80. The maximum absolute atomic E-state index is 13.6. The molecule has 1 atom stereocenters. The number of hydrogen-bond donors (Lipinski definition) is 1. The van der Waals surface area contributed by atoms with Crippen LogP contribution in [0.1, 0.15) is 32.6 Å². The van der Waals surface area contributed by atoms with Gasteiger partial charge >= 0.3 is 12.4 Å². The number of carbonyl (C=O) groups is 2. The number of aliphatic hydroxyl groups excluding tert-OH is 1. The quantitative estimate of drug-likeness (QED) is 0.330. The highest BCUT2D eigenvalue weighted by Crippen LogP contribution is 2.37. The Morgan fingerprint density at radius 1 is 1.02 bits per heavy atom. The molecule has 0 spiro atoms. The number of piperazine rings is 1. The van der Waals surface area contributed by atoms with E-state index in [9.17, 15) is 41.0 Å². The molecule has 1 aliphatic heterocycles. The Bertz CT molecular complexity index is 1410. The molecule has 41 heavy (non-hydrogen) atoms. The number of aryl methyl sites for hydroxylation is 1. The number of aliphatic hydroxyl groups is 1.